The lowest BCUT2D eigenvalue weighted by Gasteiger charge is -2.03. The average Bonchev–Trinajstić information content (AvgIpc) is 2.39. The van der Waals surface area contributed by atoms with Crippen molar-refractivity contribution in [3.05, 3.63) is 36.0 Å². The number of carbonyl (C=O) groups excluding carboxylic acids is 1. The maximum Gasteiger partial charge on any atom is 0.330 e. The van der Waals surface area contributed by atoms with E-state index in [2.05, 4.69) is 10.3 Å². The van der Waals surface area contributed by atoms with Crippen molar-refractivity contribution in [3.63, 3.8) is 0 Å². The topological polar surface area (TPSA) is 60.5 Å². The van der Waals surface area contributed by atoms with Crippen molar-refractivity contribution >= 4 is 5.97 Å². The summed E-state index contributed by atoms with van der Waals surface area (Å²) in [6, 6.07) is 3.77. The molecule has 1 N–H and O–H groups in total. The molecule has 0 spiro atoms. The molecule has 0 aliphatic rings. The Kier molecular flexibility index (Phi) is 6.50. The van der Waals surface area contributed by atoms with E-state index in [0.29, 0.717) is 25.6 Å². The van der Waals surface area contributed by atoms with Crippen molar-refractivity contribution in [1.82, 2.24) is 10.3 Å². The Morgan fingerprint density at radius 3 is 3.11 bits per heavy atom. The summed E-state index contributed by atoms with van der Waals surface area (Å²) in [5.41, 5.74) is 1.08. The molecule has 98 valence electrons. The van der Waals surface area contributed by atoms with Crippen molar-refractivity contribution < 1.29 is 14.3 Å². The first-order valence-corrected chi connectivity index (χ1v) is 5.79. The largest absolute Gasteiger partial charge is 0.481 e. The Morgan fingerprint density at radius 2 is 2.39 bits per heavy atom. The summed E-state index contributed by atoms with van der Waals surface area (Å²) in [4.78, 5) is 15.0. The normalized spacial score (nSPS) is 10.6. The van der Waals surface area contributed by atoms with Crippen LogP contribution in [0.25, 0.3) is 0 Å². The summed E-state index contributed by atoms with van der Waals surface area (Å²) in [5, 5.41) is 3.17. The van der Waals surface area contributed by atoms with Crippen LogP contribution in [0.1, 0.15) is 12.5 Å². The van der Waals surface area contributed by atoms with Gasteiger partial charge in [-0.25, -0.2) is 9.78 Å². The highest BCUT2D eigenvalue weighted by Gasteiger charge is 1.96. The van der Waals surface area contributed by atoms with Gasteiger partial charge in [0, 0.05) is 31.4 Å². The summed E-state index contributed by atoms with van der Waals surface area (Å²) in [7, 11) is 1.58. The third kappa shape index (κ3) is 5.45. The Labute approximate surface area is 107 Å². The molecule has 0 aromatic carbocycles. The number of hydrogen-bond acceptors (Lipinski definition) is 5. The summed E-state index contributed by atoms with van der Waals surface area (Å²) in [6.45, 7) is 3.46. The van der Waals surface area contributed by atoms with E-state index in [1.54, 1.807) is 26.3 Å². The van der Waals surface area contributed by atoms with Gasteiger partial charge in [0.25, 0.3) is 0 Å². The number of ether oxygens (including phenoxy) is 2. The Bertz CT molecular complexity index is 405. The maximum absolute atomic E-state index is 11.0. The van der Waals surface area contributed by atoms with Gasteiger partial charge in [0.2, 0.25) is 5.88 Å². The molecule has 0 saturated heterocycles. The molecule has 0 fully saturated rings. The van der Waals surface area contributed by atoms with E-state index in [-0.39, 0.29) is 5.97 Å². The van der Waals surface area contributed by atoms with Gasteiger partial charge in [-0.05, 0) is 18.6 Å². The lowest BCUT2D eigenvalue weighted by Crippen LogP contribution is -2.13. The highest BCUT2D eigenvalue weighted by atomic mass is 16.5. The van der Waals surface area contributed by atoms with Crippen LogP contribution < -0.4 is 10.1 Å². The number of esters is 1. The molecule has 0 bridgehead atoms. The van der Waals surface area contributed by atoms with Crippen LogP contribution in [0.4, 0.5) is 0 Å². The molecule has 18 heavy (non-hydrogen) atoms. The number of methoxy groups -OCH3 is 1. The van der Waals surface area contributed by atoms with Crippen LogP contribution in [0.2, 0.25) is 0 Å². The lowest BCUT2D eigenvalue weighted by atomic mass is 10.2. The van der Waals surface area contributed by atoms with Gasteiger partial charge >= 0.3 is 5.97 Å². The number of carbonyl (C=O) groups is 1. The zero-order chi connectivity index (χ0) is 13.2. The fraction of sp³-hybridized carbons (Fsp3) is 0.385. The van der Waals surface area contributed by atoms with E-state index in [1.165, 1.54) is 6.08 Å². The molecule has 1 rings (SSSR count). The third-order valence-corrected chi connectivity index (χ3v) is 2.14. The van der Waals surface area contributed by atoms with Gasteiger partial charge in [0.1, 0.15) is 0 Å². The molecule has 1 aromatic rings. The van der Waals surface area contributed by atoms with Gasteiger partial charge in [-0.15, -0.1) is 0 Å². The van der Waals surface area contributed by atoms with Crippen LogP contribution in [0, 0.1) is 0 Å². The molecule has 0 atom stereocenters. The molecule has 0 unspecified atom stereocenters. The molecular formula is C13H18N2O3. The molecule has 1 aromatic heterocycles. The van der Waals surface area contributed by atoms with Crippen LogP contribution in [-0.4, -0.2) is 31.2 Å². The Morgan fingerprint density at radius 1 is 1.56 bits per heavy atom. The fourth-order valence-electron chi connectivity index (χ4n) is 1.32. The van der Waals surface area contributed by atoms with Crippen LogP contribution >= 0.6 is 0 Å². The average molecular weight is 250 g/mol. The summed E-state index contributed by atoms with van der Waals surface area (Å²) < 4.78 is 9.79. The highest BCUT2D eigenvalue weighted by Crippen LogP contribution is 2.07. The summed E-state index contributed by atoms with van der Waals surface area (Å²) in [5.74, 6) is 0.279. The first-order chi connectivity index (χ1) is 8.76. The molecule has 5 heteroatoms. The Balaban J connectivity index is 2.27. The molecule has 0 saturated carbocycles. The quantitative estimate of drug-likeness (QED) is 0.449. The SMILES string of the molecule is CCOC(=O)/C=C/CNCc1ccnc(OC)c1. The number of nitrogens with zero attached hydrogens (tertiary/aromatic N) is 1. The van der Waals surface area contributed by atoms with Crippen molar-refractivity contribution in [2.45, 2.75) is 13.5 Å². The number of nitrogens with one attached hydrogen (secondary N) is 1. The standard InChI is InChI=1S/C13H18N2O3/c1-3-18-13(16)5-4-7-14-10-11-6-8-15-12(9-11)17-2/h4-6,8-9,14H,3,7,10H2,1-2H3/b5-4+. The molecule has 1 heterocycles. The van der Waals surface area contributed by atoms with Crippen LogP contribution in [0.15, 0.2) is 30.5 Å². The predicted molar refractivity (Wildman–Crippen MR) is 68.3 cm³/mol. The minimum Gasteiger partial charge on any atom is -0.481 e. The van der Waals surface area contributed by atoms with Gasteiger partial charge in [-0.1, -0.05) is 6.08 Å². The predicted octanol–water partition coefficient (Wildman–Crippen LogP) is 1.30. The molecule has 0 aliphatic heterocycles. The molecule has 0 amide bonds. The molecule has 5 nitrogen and oxygen atoms in total. The van der Waals surface area contributed by atoms with E-state index in [1.807, 2.05) is 12.1 Å². The van der Waals surface area contributed by atoms with E-state index < -0.39 is 0 Å². The van der Waals surface area contributed by atoms with E-state index in [0.717, 1.165) is 5.56 Å². The Hall–Kier alpha value is -1.88. The third-order valence-electron chi connectivity index (χ3n) is 2.14. The van der Waals surface area contributed by atoms with E-state index in [9.17, 15) is 4.79 Å². The monoisotopic (exact) mass is 250 g/mol. The van der Waals surface area contributed by atoms with Gasteiger partial charge in [0.15, 0.2) is 0 Å². The van der Waals surface area contributed by atoms with Crippen molar-refractivity contribution in [2.75, 3.05) is 20.3 Å². The number of rotatable bonds is 7. The first-order valence-electron chi connectivity index (χ1n) is 5.79. The maximum atomic E-state index is 11.0. The van der Waals surface area contributed by atoms with E-state index >= 15 is 0 Å². The molecule has 0 aliphatic carbocycles. The van der Waals surface area contributed by atoms with Crippen LogP contribution in [0.3, 0.4) is 0 Å². The fourth-order valence-corrected chi connectivity index (χ4v) is 1.32. The van der Waals surface area contributed by atoms with Gasteiger partial charge in [0.05, 0.1) is 13.7 Å². The minimum atomic E-state index is -0.315. The number of pyridine rings is 1. The van der Waals surface area contributed by atoms with Crippen LogP contribution in [0.5, 0.6) is 5.88 Å². The van der Waals surface area contributed by atoms with E-state index in [4.69, 9.17) is 9.47 Å². The van der Waals surface area contributed by atoms with Crippen molar-refractivity contribution in [1.29, 1.82) is 0 Å². The molecular weight excluding hydrogens is 232 g/mol. The van der Waals surface area contributed by atoms with Crippen molar-refractivity contribution in [3.8, 4) is 5.88 Å². The zero-order valence-electron chi connectivity index (χ0n) is 10.7. The zero-order valence-corrected chi connectivity index (χ0v) is 10.7. The second-order valence-corrected chi connectivity index (χ2v) is 3.49. The molecule has 0 radical (unpaired) electrons. The minimum absolute atomic E-state index is 0.315. The second-order valence-electron chi connectivity index (χ2n) is 3.49. The summed E-state index contributed by atoms with van der Waals surface area (Å²) in [6.07, 6.45) is 4.85. The van der Waals surface area contributed by atoms with Crippen molar-refractivity contribution in [2.24, 2.45) is 0 Å². The number of hydrogen-bond donors (Lipinski definition) is 1. The highest BCUT2D eigenvalue weighted by molar-refractivity contribution is 5.81. The van der Waals surface area contributed by atoms with Gasteiger partial charge in [-0.2, -0.15) is 0 Å². The van der Waals surface area contributed by atoms with Crippen LogP contribution in [-0.2, 0) is 16.1 Å². The van der Waals surface area contributed by atoms with Gasteiger partial charge < -0.3 is 14.8 Å². The van der Waals surface area contributed by atoms with Gasteiger partial charge in [-0.3, -0.25) is 0 Å². The lowest BCUT2D eigenvalue weighted by molar-refractivity contribution is -0.137. The summed E-state index contributed by atoms with van der Waals surface area (Å²) >= 11 is 0. The number of aromatic nitrogens is 1. The smallest absolute Gasteiger partial charge is 0.330 e. The first kappa shape index (κ1) is 14.2. The second kappa shape index (κ2) is 8.25.